The molecule has 0 radical (unpaired) electrons. The quantitative estimate of drug-likeness (QED) is 0.775. The predicted octanol–water partition coefficient (Wildman–Crippen LogP) is 2.46. The summed E-state index contributed by atoms with van der Waals surface area (Å²) in [6, 6.07) is 14.9. The monoisotopic (exact) mass is 335 g/mol. The molecule has 0 amide bonds. The highest BCUT2D eigenvalue weighted by Gasteiger charge is 2.27. The van der Waals surface area contributed by atoms with Crippen molar-refractivity contribution in [3.8, 4) is 17.6 Å². The van der Waals surface area contributed by atoms with Crippen LogP contribution in [-0.4, -0.2) is 21.8 Å². The zero-order valence-electron chi connectivity index (χ0n) is 13.0. The Morgan fingerprint density at radius 3 is 2.88 bits per heavy atom. The zero-order valence-corrected chi connectivity index (χ0v) is 13.0. The van der Waals surface area contributed by atoms with Crippen LogP contribution in [0.4, 0.5) is 6.01 Å². The molecule has 1 N–H and O–H groups in total. The third-order valence-electron chi connectivity index (χ3n) is 3.57. The number of fused-ring (bicyclic) bond motifs is 1. The Balaban J connectivity index is 1.42. The minimum atomic E-state index is -0.460. The second-order valence-electron chi connectivity index (χ2n) is 5.29. The van der Waals surface area contributed by atoms with Crippen molar-refractivity contribution in [3.63, 3.8) is 0 Å². The van der Waals surface area contributed by atoms with E-state index in [1.165, 1.54) is 0 Å². The van der Waals surface area contributed by atoms with E-state index >= 15 is 0 Å². The second kappa shape index (κ2) is 6.49. The normalized spacial score (nSPS) is 15.4. The van der Waals surface area contributed by atoms with Gasteiger partial charge < -0.3 is 19.2 Å². The summed E-state index contributed by atoms with van der Waals surface area (Å²) in [5.41, 5.74) is 1.06. The summed E-state index contributed by atoms with van der Waals surface area (Å²) in [6.07, 6.45) is -0.460. The van der Waals surface area contributed by atoms with Crippen molar-refractivity contribution in [2.75, 3.05) is 11.9 Å². The Morgan fingerprint density at radius 1 is 1.12 bits per heavy atom. The van der Waals surface area contributed by atoms with Gasteiger partial charge in [0.2, 0.25) is 6.10 Å². The minimum Gasteiger partial charge on any atom is -0.485 e. The summed E-state index contributed by atoms with van der Waals surface area (Å²) in [5, 5.41) is 19.8. The summed E-state index contributed by atoms with van der Waals surface area (Å²) in [4.78, 5) is 4.17. The van der Waals surface area contributed by atoms with Gasteiger partial charge in [-0.05, 0) is 24.3 Å². The van der Waals surface area contributed by atoms with Gasteiger partial charge in [0.25, 0.3) is 5.89 Å². The lowest BCUT2D eigenvalue weighted by molar-refractivity contribution is 0.0717. The molecule has 0 spiro atoms. The number of para-hydroxylation sites is 2. The molecule has 0 saturated heterocycles. The predicted molar refractivity (Wildman–Crippen MR) is 85.9 cm³/mol. The van der Waals surface area contributed by atoms with E-state index in [0.29, 0.717) is 41.9 Å². The van der Waals surface area contributed by atoms with Crippen LogP contribution in [0.25, 0.3) is 0 Å². The highest BCUT2D eigenvalue weighted by Crippen LogP contribution is 2.35. The highest BCUT2D eigenvalue weighted by atomic mass is 16.6. The molecule has 8 heteroatoms. The largest absolute Gasteiger partial charge is 0.485 e. The number of nitrogens with zero attached hydrogens (tertiary/aromatic N) is 4. The Kier molecular flexibility index (Phi) is 3.88. The van der Waals surface area contributed by atoms with Gasteiger partial charge in [-0.2, -0.15) is 5.26 Å². The third-order valence-corrected chi connectivity index (χ3v) is 3.57. The molecule has 3 aromatic rings. The molecule has 1 aliphatic rings. The van der Waals surface area contributed by atoms with E-state index in [1.54, 1.807) is 18.2 Å². The maximum Gasteiger partial charge on any atom is 0.315 e. The number of anilines is 1. The Hall–Kier alpha value is -3.60. The molecule has 3 heterocycles. The fourth-order valence-electron chi connectivity index (χ4n) is 2.38. The van der Waals surface area contributed by atoms with Crippen LogP contribution in [0.15, 0.2) is 46.9 Å². The van der Waals surface area contributed by atoms with Crippen LogP contribution in [0.1, 0.15) is 23.4 Å². The first-order chi connectivity index (χ1) is 12.3. The maximum absolute atomic E-state index is 8.87. The lowest BCUT2D eigenvalue weighted by atomic mass is 10.2. The van der Waals surface area contributed by atoms with E-state index < -0.39 is 6.10 Å². The molecule has 0 saturated carbocycles. The van der Waals surface area contributed by atoms with Crippen molar-refractivity contribution in [3.05, 3.63) is 59.7 Å². The third kappa shape index (κ3) is 3.21. The van der Waals surface area contributed by atoms with Gasteiger partial charge in [-0.15, -0.1) is 5.10 Å². The highest BCUT2D eigenvalue weighted by molar-refractivity contribution is 5.41. The van der Waals surface area contributed by atoms with Crippen LogP contribution in [0.3, 0.4) is 0 Å². The van der Waals surface area contributed by atoms with E-state index in [2.05, 4.69) is 20.5 Å². The molecule has 124 valence electrons. The number of aromatic nitrogens is 3. The van der Waals surface area contributed by atoms with Crippen molar-refractivity contribution in [2.45, 2.75) is 12.6 Å². The molecule has 8 nitrogen and oxygen atoms in total. The van der Waals surface area contributed by atoms with Crippen molar-refractivity contribution in [2.24, 2.45) is 0 Å². The van der Waals surface area contributed by atoms with Crippen molar-refractivity contribution in [1.82, 2.24) is 15.2 Å². The van der Waals surface area contributed by atoms with Gasteiger partial charge >= 0.3 is 6.01 Å². The summed E-state index contributed by atoms with van der Waals surface area (Å²) in [5.74, 6) is 1.67. The van der Waals surface area contributed by atoms with Crippen LogP contribution in [0.2, 0.25) is 0 Å². The molecule has 25 heavy (non-hydrogen) atoms. The minimum absolute atomic E-state index is 0.251. The van der Waals surface area contributed by atoms with Crippen molar-refractivity contribution in [1.29, 1.82) is 5.26 Å². The number of pyridine rings is 1. The molecule has 0 aliphatic carbocycles. The first-order valence-corrected chi connectivity index (χ1v) is 7.63. The number of ether oxygens (including phenoxy) is 2. The van der Waals surface area contributed by atoms with Crippen LogP contribution in [0, 0.1) is 11.3 Å². The van der Waals surface area contributed by atoms with Crippen molar-refractivity contribution < 1.29 is 13.9 Å². The summed E-state index contributed by atoms with van der Waals surface area (Å²) in [6.45, 7) is 0.659. The average Bonchev–Trinajstić information content (AvgIpc) is 3.15. The Labute approximate surface area is 143 Å². The summed E-state index contributed by atoms with van der Waals surface area (Å²) >= 11 is 0. The molecule has 2 aromatic heterocycles. The smallest absolute Gasteiger partial charge is 0.315 e. The molecular formula is C17H13N5O3. The van der Waals surface area contributed by atoms with Gasteiger partial charge in [-0.3, -0.25) is 0 Å². The Morgan fingerprint density at radius 2 is 2.00 bits per heavy atom. The molecule has 1 aliphatic heterocycles. The fourth-order valence-corrected chi connectivity index (χ4v) is 2.38. The first kappa shape index (κ1) is 15.0. The van der Waals surface area contributed by atoms with Crippen LogP contribution in [-0.2, 0) is 6.54 Å². The Bertz CT molecular complexity index is 934. The second-order valence-corrected chi connectivity index (χ2v) is 5.29. The van der Waals surface area contributed by atoms with Crippen molar-refractivity contribution >= 4 is 6.01 Å². The molecular weight excluding hydrogens is 322 g/mol. The van der Waals surface area contributed by atoms with Gasteiger partial charge in [-0.25, -0.2) is 4.98 Å². The van der Waals surface area contributed by atoms with E-state index in [9.17, 15) is 0 Å². The standard InChI is InChI=1S/C17H13N5O3/c18-8-11-4-3-5-12(20-11)9-19-17-22-21-16(25-17)15-10-23-13-6-1-2-7-14(13)24-15/h1-7,15H,9-10H2,(H,19,22). The molecule has 0 fully saturated rings. The maximum atomic E-state index is 8.87. The topological polar surface area (TPSA) is 106 Å². The lowest BCUT2D eigenvalue weighted by Gasteiger charge is -2.23. The molecule has 0 bridgehead atoms. The van der Waals surface area contributed by atoms with Gasteiger partial charge in [0.15, 0.2) is 11.5 Å². The average molecular weight is 335 g/mol. The van der Waals surface area contributed by atoms with E-state index in [4.69, 9.17) is 19.2 Å². The van der Waals surface area contributed by atoms with Crippen LogP contribution >= 0.6 is 0 Å². The molecule has 1 atom stereocenters. The number of hydrogen-bond donors (Lipinski definition) is 1. The number of hydrogen-bond acceptors (Lipinski definition) is 8. The number of rotatable bonds is 4. The van der Waals surface area contributed by atoms with Crippen LogP contribution < -0.4 is 14.8 Å². The zero-order chi connectivity index (χ0) is 17.1. The van der Waals surface area contributed by atoms with Gasteiger partial charge in [0.05, 0.1) is 12.2 Å². The summed E-state index contributed by atoms with van der Waals surface area (Å²) in [7, 11) is 0. The lowest BCUT2D eigenvalue weighted by Crippen LogP contribution is -2.21. The SMILES string of the molecule is N#Cc1cccc(CNc2nnc(C3COc4ccccc4O3)o2)n1. The number of nitrogens with one attached hydrogen (secondary N) is 1. The van der Waals surface area contributed by atoms with Gasteiger partial charge in [-0.1, -0.05) is 23.3 Å². The first-order valence-electron chi connectivity index (χ1n) is 7.63. The molecule has 1 unspecified atom stereocenters. The van der Waals surface area contributed by atoms with Gasteiger partial charge in [0, 0.05) is 0 Å². The van der Waals surface area contributed by atoms with E-state index in [-0.39, 0.29) is 6.01 Å². The van der Waals surface area contributed by atoms with Gasteiger partial charge in [0.1, 0.15) is 18.4 Å². The fraction of sp³-hybridized carbons (Fsp3) is 0.176. The number of nitriles is 1. The van der Waals surface area contributed by atoms with E-state index in [0.717, 1.165) is 0 Å². The summed E-state index contributed by atoms with van der Waals surface area (Å²) < 4.78 is 17.1. The molecule has 1 aromatic carbocycles. The number of benzene rings is 1. The van der Waals surface area contributed by atoms with Crippen LogP contribution in [0.5, 0.6) is 11.5 Å². The van der Waals surface area contributed by atoms with E-state index in [1.807, 2.05) is 30.3 Å². The molecule has 4 rings (SSSR count).